The first kappa shape index (κ1) is 21.2. The fraction of sp³-hybridized carbons (Fsp3) is 0.222. The average Bonchev–Trinajstić information content (AvgIpc) is 2.71. The van der Waals surface area contributed by atoms with E-state index in [1.165, 1.54) is 31.4 Å². The van der Waals surface area contributed by atoms with Gasteiger partial charge in [-0.1, -0.05) is 12.1 Å². The summed E-state index contributed by atoms with van der Waals surface area (Å²) in [6.45, 7) is -0.723. The van der Waals surface area contributed by atoms with E-state index < -0.39 is 28.4 Å². The van der Waals surface area contributed by atoms with Gasteiger partial charge in [0.15, 0.2) is 18.1 Å². The lowest BCUT2D eigenvalue weighted by Gasteiger charge is -2.11. The van der Waals surface area contributed by atoms with E-state index in [9.17, 15) is 18.0 Å². The first-order valence-corrected chi connectivity index (χ1v) is 9.56. The number of hydrogen-bond donors (Lipinski definition) is 2. The Morgan fingerprint density at radius 3 is 2.21 bits per heavy atom. The molecule has 0 aliphatic carbocycles. The molecule has 2 aromatic rings. The van der Waals surface area contributed by atoms with Gasteiger partial charge in [-0.25, -0.2) is 8.42 Å². The Bertz CT molecular complexity index is 927. The Labute approximate surface area is 162 Å². The molecule has 0 fully saturated rings. The van der Waals surface area contributed by atoms with Crippen molar-refractivity contribution in [2.75, 3.05) is 32.7 Å². The van der Waals surface area contributed by atoms with Crippen LogP contribution < -0.4 is 19.5 Å². The van der Waals surface area contributed by atoms with Crippen molar-refractivity contribution >= 4 is 27.6 Å². The predicted octanol–water partition coefficient (Wildman–Crippen LogP) is 1.16. The molecule has 0 aliphatic rings. The normalized spacial score (nSPS) is 10.8. The van der Waals surface area contributed by atoms with Crippen molar-refractivity contribution in [2.45, 2.75) is 4.90 Å². The van der Waals surface area contributed by atoms with E-state index in [-0.39, 0.29) is 11.5 Å². The Balaban J connectivity index is 1.92. The molecule has 0 radical (unpaired) electrons. The number of sulfonamides is 1. The summed E-state index contributed by atoms with van der Waals surface area (Å²) in [6, 6.07) is 12.4. The van der Waals surface area contributed by atoms with Crippen LogP contribution in [0.5, 0.6) is 11.5 Å². The lowest BCUT2D eigenvalue weighted by molar-refractivity contribution is -0.139. The molecule has 0 spiro atoms. The maximum atomic E-state index is 12.1. The minimum atomic E-state index is -3.87. The van der Waals surface area contributed by atoms with Gasteiger partial charge in [0, 0.05) is 5.69 Å². The molecule has 2 rings (SSSR count). The standard InChI is InChI=1S/C18H20N2O7S/c1-25-15-5-3-4-6-16(15)27-12-17(21)20-13-7-9-14(10-8-13)28(23,24)19-11-18(22)26-2/h3-10,19H,11-12H2,1-2H3,(H,20,21). The van der Waals surface area contributed by atoms with E-state index in [0.29, 0.717) is 17.2 Å². The summed E-state index contributed by atoms with van der Waals surface area (Å²) in [6.07, 6.45) is 0. The zero-order chi connectivity index (χ0) is 20.6. The van der Waals surface area contributed by atoms with Crippen molar-refractivity contribution < 1.29 is 32.2 Å². The Hall–Kier alpha value is -3.11. The Morgan fingerprint density at radius 1 is 0.964 bits per heavy atom. The molecule has 0 aromatic heterocycles. The molecule has 0 bridgehead atoms. The van der Waals surface area contributed by atoms with Gasteiger partial charge in [0.05, 0.1) is 19.1 Å². The summed E-state index contributed by atoms with van der Waals surface area (Å²) in [5.74, 6) is -0.199. The summed E-state index contributed by atoms with van der Waals surface area (Å²) in [5.41, 5.74) is 0.389. The van der Waals surface area contributed by atoms with E-state index >= 15 is 0 Å². The highest BCUT2D eigenvalue weighted by molar-refractivity contribution is 7.89. The molecule has 0 saturated carbocycles. The zero-order valence-corrected chi connectivity index (χ0v) is 16.1. The maximum absolute atomic E-state index is 12.1. The number of esters is 1. The number of rotatable bonds is 9. The third-order valence-corrected chi connectivity index (χ3v) is 4.93. The van der Waals surface area contributed by atoms with Crippen molar-refractivity contribution in [1.82, 2.24) is 4.72 Å². The van der Waals surface area contributed by atoms with Crippen LogP contribution in [0.25, 0.3) is 0 Å². The summed E-state index contributed by atoms with van der Waals surface area (Å²) >= 11 is 0. The first-order valence-electron chi connectivity index (χ1n) is 8.08. The fourth-order valence-corrected chi connectivity index (χ4v) is 3.07. The average molecular weight is 408 g/mol. The van der Waals surface area contributed by atoms with Gasteiger partial charge >= 0.3 is 5.97 Å². The Kier molecular flexibility index (Phi) is 7.36. The smallest absolute Gasteiger partial charge is 0.320 e. The summed E-state index contributed by atoms with van der Waals surface area (Å²) in [7, 11) is -1.21. The van der Waals surface area contributed by atoms with Crippen molar-refractivity contribution in [3.63, 3.8) is 0 Å². The van der Waals surface area contributed by atoms with Gasteiger partial charge in [0.25, 0.3) is 5.91 Å². The van der Waals surface area contributed by atoms with Crippen LogP contribution in [0.1, 0.15) is 0 Å². The molecule has 0 unspecified atom stereocenters. The molecule has 0 heterocycles. The highest BCUT2D eigenvalue weighted by Crippen LogP contribution is 2.25. The van der Waals surface area contributed by atoms with Crippen LogP contribution in [0, 0.1) is 0 Å². The van der Waals surface area contributed by atoms with Crippen molar-refractivity contribution in [3.05, 3.63) is 48.5 Å². The second-order valence-electron chi connectivity index (χ2n) is 5.41. The van der Waals surface area contributed by atoms with Crippen LogP contribution in [-0.2, 0) is 24.3 Å². The monoisotopic (exact) mass is 408 g/mol. The molecule has 9 nitrogen and oxygen atoms in total. The minimum Gasteiger partial charge on any atom is -0.493 e. The van der Waals surface area contributed by atoms with Crippen LogP contribution in [0.4, 0.5) is 5.69 Å². The van der Waals surface area contributed by atoms with Crippen LogP contribution in [0.15, 0.2) is 53.4 Å². The van der Waals surface area contributed by atoms with Gasteiger partial charge < -0.3 is 19.5 Å². The van der Waals surface area contributed by atoms with E-state index in [4.69, 9.17) is 9.47 Å². The van der Waals surface area contributed by atoms with Crippen LogP contribution in [0.2, 0.25) is 0 Å². The van der Waals surface area contributed by atoms with Crippen LogP contribution in [-0.4, -0.2) is 47.7 Å². The molecule has 2 N–H and O–H groups in total. The van der Waals surface area contributed by atoms with Crippen LogP contribution >= 0.6 is 0 Å². The highest BCUT2D eigenvalue weighted by atomic mass is 32.2. The number of carbonyl (C=O) groups excluding carboxylic acids is 2. The third-order valence-electron chi connectivity index (χ3n) is 3.51. The summed E-state index contributed by atoms with van der Waals surface area (Å²) < 4.78 is 41.2. The van der Waals surface area contributed by atoms with Gasteiger partial charge in [-0.05, 0) is 36.4 Å². The number of para-hydroxylation sites is 2. The first-order chi connectivity index (χ1) is 13.4. The van der Waals surface area contributed by atoms with Crippen molar-refractivity contribution in [3.8, 4) is 11.5 Å². The number of carbonyl (C=O) groups is 2. The van der Waals surface area contributed by atoms with Gasteiger partial charge in [0.2, 0.25) is 10.0 Å². The molecule has 0 aliphatic heterocycles. The number of nitrogens with one attached hydrogen (secondary N) is 2. The second kappa shape index (κ2) is 9.72. The molecule has 0 saturated heterocycles. The molecule has 150 valence electrons. The number of amides is 1. The number of benzene rings is 2. The molecule has 2 aromatic carbocycles. The number of hydrogen-bond acceptors (Lipinski definition) is 7. The minimum absolute atomic E-state index is 0.0559. The molecular weight excluding hydrogens is 388 g/mol. The highest BCUT2D eigenvalue weighted by Gasteiger charge is 2.16. The molecular formula is C18H20N2O7S. The summed E-state index contributed by atoms with van der Waals surface area (Å²) in [5, 5.41) is 2.59. The summed E-state index contributed by atoms with van der Waals surface area (Å²) in [4.78, 5) is 23.0. The number of anilines is 1. The quantitative estimate of drug-likeness (QED) is 0.598. The zero-order valence-electron chi connectivity index (χ0n) is 15.3. The SMILES string of the molecule is COC(=O)CNS(=O)(=O)c1ccc(NC(=O)COc2ccccc2OC)cc1. The topological polar surface area (TPSA) is 120 Å². The molecule has 0 atom stereocenters. The lowest BCUT2D eigenvalue weighted by Crippen LogP contribution is -2.30. The number of ether oxygens (including phenoxy) is 3. The van der Waals surface area contributed by atoms with Crippen molar-refractivity contribution in [2.24, 2.45) is 0 Å². The van der Waals surface area contributed by atoms with E-state index in [0.717, 1.165) is 7.11 Å². The van der Waals surface area contributed by atoms with E-state index in [1.807, 2.05) is 0 Å². The van der Waals surface area contributed by atoms with E-state index in [2.05, 4.69) is 14.8 Å². The fourth-order valence-electron chi connectivity index (χ4n) is 2.11. The van der Waals surface area contributed by atoms with Gasteiger partial charge in [-0.15, -0.1) is 0 Å². The second-order valence-corrected chi connectivity index (χ2v) is 7.18. The van der Waals surface area contributed by atoms with Gasteiger partial charge in [-0.2, -0.15) is 4.72 Å². The molecule has 1 amide bonds. The number of methoxy groups -OCH3 is 2. The lowest BCUT2D eigenvalue weighted by atomic mass is 10.3. The van der Waals surface area contributed by atoms with Crippen molar-refractivity contribution in [1.29, 1.82) is 0 Å². The van der Waals surface area contributed by atoms with Gasteiger partial charge in [-0.3, -0.25) is 9.59 Å². The van der Waals surface area contributed by atoms with Crippen LogP contribution in [0.3, 0.4) is 0 Å². The molecule has 10 heteroatoms. The third kappa shape index (κ3) is 5.96. The maximum Gasteiger partial charge on any atom is 0.320 e. The van der Waals surface area contributed by atoms with Gasteiger partial charge in [0.1, 0.15) is 6.54 Å². The Morgan fingerprint density at radius 2 is 1.61 bits per heavy atom. The molecule has 28 heavy (non-hydrogen) atoms. The largest absolute Gasteiger partial charge is 0.493 e. The predicted molar refractivity (Wildman–Crippen MR) is 101 cm³/mol. The van der Waals surface area contributed by atoms with E-state index in [1.54, 1.807) is 24.3 Å².